The Hall–Kier alpha value is -1.70. The molecule has 1 atom stereocenters. The average molecular weight is 253 g/mol. The number of hydrogen-bond donors (Lipinski definition) is 1. The second kappa shape index (κ2) is 3.66. The van der Waals surface area contributed by atoms with Crippen LogP contribution in [-0.2, 0) is 9.84 Å². The summed E-state index contributed by atoms with van der Waals surface area (Å²) < 4.78 is 24.5. The van der Waals surface area contributed by atoms with Gasteiger partial charge in [-0.2, -0.15) is 10.2 Å². The van der Waals surface area contributed by atoms with E-state index >= 15 is 0 Å². The molecule has 1 fully saturated rings. The number of H-pyrrole nitrogens is 1. The van der Waals surface area contributed by atoms with E-state index in [0.717, 1.165) is 5.56 Å². The fraction of sp³-hybridized carbons (Fsp3) is 0.444. The molecular weight excluding hydrogens is 242 g/mol. The van der Waals surface area contributed by atoms with Gasteiger partial charge in [0.25, 0.3) is 0 Å². The van der Waals surface area contributed by atoms with Crippen molar-refractivity contribution in [3.8, 4) is 11.4 Å². The van der Waals surface area contributed by atoms with E-state index in [1.165, 1.54) is 6.33 Å². The van der Waals surface area contributed by atoms with Crippen LogP contribution in [0.2, 0.25) is 0 Å². The van der Waals surface area contributed by atoms with Crippen LogP contribution >= 0.6 is 0 Å². The molecule has 0 bridgehead atoms. The van der Waals surface area contributed by atoms with E-state index in [1.54, 1.807) is 17.1 Å². The first-order valence-corrected chi connectivity index (χ1v) is 7.06. The van der Waals surface area contributed by atoms with Crippen molar-refractivity contribution in [2.75, 3.05) is 11.5 Å². The molecule has 1 N–H and O–H groups in total. The second-order valence-corrected chi connectivity index (χ2v) is 6.33. The van der Waals surface area contributed by atoms with Gasteiger partial charge in [-0.05, 0) is 6.42 Å². The molecule has 1 saturated heterocycles. The molecule has 1 aliphatic heterocycles. The van der Waals surface area contributed by atoms with Crippen LogP contribution < -0.4 is 0 Å². The largest absolute Gasteiger partial charge is 0.268 e. The zero-order valence-corrected chi connectivity index (χ0v) is 9.76. The summed E-state index contributed by atoms with van der Waals surface area (Å²) in [6.45, 7) is 0. The highest BCUT2D eigenvalue weighted by atomic mass is 32.2. The highest BCUT2D eigenvalue weighted by Crippen LogP contribution is 2.24. The topological polar surface area (TPSA) is 93.5 Å². The summed E-state index contributed by atoms with van der Waals surface area (Å²) in [4.78, 5) is 4.02. The van der Waals surface area contributed by atoms with Crippen molar-refractivity contribution >= 4 is 9.84 Å². The van der Waals surface area contributed by atoms with Gasteiger partial charge in [0.05, 0.1) is 29.3 Å². The fourth-order valence-corrected chi connectivity index (χ4v) is 3.69. The molecular formula is C9H11N5O2S. The standard InChI is InChI=1S/C9H11N5O2S/c15-17(16)2-1-8(5-17)14-4-7(3-12-14)9-10-6-11-13-9/h3-4,6,8H,1-2,5H2,(H,10,11,13)/t8-/m1/s1. The molecule has 2 aromatic heterocycles. The minimum absolute atomic E-state index is 0.0586. The van der Waals surface area contributed by atoms with E-state index in [9.17, 15) is 8.42 Å². The first-order valence-electron chi connectivity index (χ1n) is 5.24. The Labute approximate surface area is 97.8 Å². The summed E-state index contributed by atoms with van der Waals surface area (Å²) in [7, 11) is -2.88. The minimum Gasteiger partial charge on any atom is -0.268 e. The van der Waals surface area contributed by atoms with Crippen LogP contribution in [0, 0.1) is 0 Å². The number of nitrogens with zero attached hydrogens (tertiary/aromatic N) is 4. The van der Waals surface area contributed by atoms with E-state index in [0.29, 0.717) is 12.2 Å². The molecule has 0 spiro atoms. The highest BCUT2D eigenvalue weighted by Gasteiger charge is 2.29. The first kappa shape index (κ1) is 10.5. The Balaban J connectivity index is 1.87. The molecule has 2 aromatic rings. The Morgan fingerprint density at radius 2 is 2.35 bits per heavy atom. The predicted octanol–water partition coefficient (Wildman–Crippen LogP) is 0.0278. The van der Waals surface area contributed by atoms with Gasteiger partial charge in [-0.1, -0.05) is 0 Å². The molecule has 0 aromatic carbocycles. The molecule has 90 valence electrons. The second-order valence-electron chi connectivity index (χ2n) is 4.10. The van der Waals surface area contributed by atoms with Gasteiger partial charge >= 0.3 is 0 Å². The van der Waals surface area contributed by atoms with Crippen LogP contribution in [0.5, 0.6) is 0 Å². The lowest BCUT2D eigenvalue weighted by Crippen LogP contribution is -2.11. The number of aromatic amines is 1. The molecule has 7 nitrogen and oxygen atoms in total. The van der Waals surface area contributed by atoms with Gasteiger partial charge < -0.3 is 0 Å². The van der Waals surface area contributed by atoms with Crippen LogP contribution in [0.1, 0.15) is 12.5 Å². The van der Waals surface area contributed by atoms with E-state index in [2.05, 4.69) is 20.3 Å². The molecule has 8 heteroatoms. The van der Waals surface area contributed by atoms with E-state index in [-0.39, 0.29) is 17.5 Å². The Bertz CT molecular complexity index is 616. The number of hydrogen-bond acceptors (Lipinski definition) is 5. The van der Waals surface area contributed by atoms with Crippen molar-refractivity contribution in [2.24, 2.45) is 0 Å². The molecule has 3 heterocycles. The summed E-state index contributed by atoms with van der Waals surface area (Å²) >= 11 is 0. The highest BCUT2D eigenvalue weighted by molar-refractivity contribution is 7.91. The molecule has 0 unspecified atom stereocenters. The average Bonchev–Trinajstić information content (AvgIpc) is 2.93. The van der Waals surface area contributed by atoms with Gasteiger partial charge in [0, 0.05) is 6.20 Å². The maximum atomic E-state index is 11.4. The number of aromatic nitrogens is 5. The van der Waals surface area contributed by atoms with Gasteiger partial charge in [-0.15, -0.1) is 0 Å². The Morgan fingerprint density at radius 1 is 1.47 bits per heavy atom. The zero-order valence-electron chi connectivity index (χ0n) is 8.94. The third-order valence-electron chi connectivity index (χ3n) is 2.87. The summed E-state index contributed by atoms with van der Waals surface area (Å²) in [5, 5.41) is 10.7. The number of rotatable bonds is 2. The van der Waals surface area contributed by atoms with Gasteiger partial charge in [-0.25, -0.2) is 13.4 Å². The summed E-state index contributed by atoms with van der Waals surface area (Å²) in [5.41, 5.74) is 0.812. The molecule has 1 aliphatic rings. The monoisotopic (exact) mass is 253 g/mol. The lowest BCUT2D eigenvalue weighted by molar-refractivity contribution is 0.500. The lowest BCUT2D eigenvalue weighted by Gasteiger charge is -2.06. The maximum Gasteiger partial charge on any atom is 0.158 e. The summed E-state index contributed by atoms with van der Waals surface area (Å²) in [6, 6.07) is -0.0586. The number of nitrogens with one attached hydrogen (secondary N) is 1. The van der Waals surface area contributed by atoms with Crippen LogP contribution in [0.15, 0.2) is 18.7 Å². The summed E-state index contributed by atoms with van der Waals surface area (Å²) in [5.74, 6) is 1.05. The van der Waals surface area contributed by atoms with Crippen molar-refractivity contribution in [1.29, 1.82) is 0 Å². The smallest absolute Gasteiger partial charge is 0.158 e. The number of sulfone groups is 1. The minimum atomic E-state index is -2.88. The van der Waals surface area contributed by atoms with E-state index < -0.39 is 9.84 Å². The molecule has 3 rings (SSSR count). The predicted molar refractivity (Wildman–Crippen MR) is 59.9 cm³/mol. The van der Waals surface area contributed by atoms with Gasteiger partial charge in [0.15, 0.2) is 15.7 Å². The zero-order chi connectivity index (χ0) is 11.9. The normalized spacial score (nSPS) is 22.9. The Kier molecular flexibility index (Phi) is 2.25. The van der Waals surface area contributed by atoms with E-state index in [4.69, 9.17) is 0 Å². The van der Waals surface area contributed by atoms with Crippen LogP contribution in [0.3, 0.4) is 0 Å². The van der Waals surface area contributed by atoms with E-state index in [1.807, 2.05) is 0 Å². The first-order chi connectivity index (χ1) is 8.14. The molecule has 17 heavy (non-hydrogen) atoms. The van der Waals surface area contributed by atoms with Crippen molar-refractivity contribution in [3.63, 3.8) is 0 Å². The van der Waals surface area contributed by atoms with Crippen LogP contribution in [-0.4, -0.2) is 44.9 Å². The van der Waals surface area contributed by atoms with Crippen LogP contribution in [0.25, 0.3) is 11.4 Å². The fourth-order valence-electron chi connectivity index (χ4n) is 1.99. The van der Waals surface area contributed by atoms with Gasteiger partial charge in [0.2, 0.25) is 0 Å². The molecule has 0 amide bonds. The van der Waals surface area contributed by atoms with Crippen LogP contribution in [0.4, 0.5) is 0 Å². The Morgan fingerprint density at radius 3 is 3.00 bits per heavy atom. The summed E-state index contributed by atoms with van der Waals surface area (Å²) in [6.07, 6.45) is 5.50. The third-order valence-corrected chi connectivity index (χ3v) is 4.62. The van der Waals surface area contributed by atoms with Gasteiger partial charge in [-0.3, -0.25) is 9.78 Å². The maximum absolute atomic E-state index is 11.4. The van der Waals surface area contributed by atoms with Gasteiger partial charge in [0.1, 0.15) is 6.33 Å². The van der Waals surface area contributed by atoms with Crippen molar-refractivity contribution in [2.45, 2.75) is 12.5 Å². The SMILES string of the molecule is O=S1(=O)CC[C@@H](n2cc(-c3ncn[nH]3)cn2)C1. The molecule has 0 aliphatic carbocycles. The third kappa shape index (κ3) is 1.95. The van der Waals surface area contributed by atoms with Crippen molar-refractivity contribution in [3.05, 3.63) is 18.7 Å². The molecule has 0 saturated carbocycles. The lowest BCUT2D eigenvalue weighted by atomic mass is 10.3. The van der Waals surface area contributed by atoms with Crippen molar-refractivity contribution < 1.29 is 8.42 Å². The molecule has 0 radical (unpaired) electrons. The quantitative estimate of drug-likeness (QED) is 0.814. The van der Waals surface area contributed by atoms with Crippen molar-refractivity contribution in [1.82, 2.24) is 25.0 Å².